The molecule has 0 heterocycles. The maximum atomic E-state index is 8.78. The van der Waals surface area contributed by atoms with Crippen molar-refractivity contribution in [2.75, 3.05) is 13.6 Å². The van der Waals surface area contributed by atoms with Gasteiger partial charge in [0.1, 0.15) is 5.54 Å². The predicted molar refractivity (Wildman–Crippen MR) is 47.1 cm³/mol. The Morgan fingerprint density at radius 1 is 1.42 bits per heavy atom. The number of hydrogen-bond donors (Lipinski definition) is 0. The van der Waals surface area contributed by atoms with Crippen LogP contribution in [-0.2, 0) is 0 Å². The minimum atomic E-state index is -0.481. The summed E-state index contributed by atoms with van der Waals surface area (Å²) in [6, 6.07) is 4.33. The lowest BCUT2D eigenvalue weighted by atomic mass is 10.0. The molecular formula is C9H15N3. The molecule has 0 aliphatic rings. The predicted octanol–water partition coefficient (Wildman–Crippen LogP) is 1.38. The Balaban J connectivity index is 4.17. The van der Waals surface area contributed by atoms with E-state index in [1.807, 2.05) is 32.7 Å². The van der Waals surface area contributed by atoms with Gasteiger partial charge in [0, 0.05) is 6.54 Å². The van der Waals surface area contributed by atoms with Gasteiger partial charge >= 0.3 is 0 Å². The molecule has 3 nitrogen and oxygen atoms in total. The third kappa shape index (κ3) is 2.90. The van der Waals surface area contributed by atoms with E-state index in [1.165, 1.54) is 0 Å². The minimum absolute atomic E-state index is 0.0253. The molecule has 0 N–H and O–H groups in total. The molecule has 0 aliphatic heterocycles. The number of nitrogens with zero attached hydrogens (tertiary/aromatic N) is 3. The van der Waals surface area contributed by atoms with Crippen LogP contribution in [0.2, 0.25) is 0 Å². The zero-order valence-corrected chi connectivity index (χ0v) is 8.13. The lowest BCUT2D eigenvalue weighted by Gasteiger charge is -2.29. The summed E-state index contributed by atoms with van der Waals surface area (Å²) in [4.78, 5) is 1.89. The molecule has 0 aromatic carbocycles. The fourth-order valence-corrected chi connectivity index (χ4v) is 0.765. The molecule has 0 spiro atoms. The Morgan fingerprint density at radius 2 is 1.92 bits per heavy atom. The van der Waals surface area contributed by atoms with Crippen molar-refractivity contribution in [1.82, 2.24) is 4.90 Å². The summed E-state index contributed by atoms with van der Waals surface area (Å²) in [5.74, 6) is -0.0253. The van der Waals surface area contributed by atoms with Crippen LogP contribution in [0.4, 0.5) is 0 Å². The highest BCUT2D eigenvalue weighted by molar-refractivity contribution is 5.01. The lowest BCUT2D eigenvalue weighted by Crippen LogP contribution is -2.41. The first kappa shape index (κ1) is 10.9. The molecule has 3 heteroatoms. The summed E-state index contributed by atoms with van der Waals surface area (Å²) in [6.07, 6.45) is 0. The van der Waals surface area contributed by atoms with Crippen molar-refractivity contribution < 1.29 is 0 Å². The second-order valence-corrected chi connectivity index (χ2v) is 3.58. The lowest BCUT2D eigenvalue weighted by molar-refractivity contribution is 0.197. The van der Waals surface area contributed by atoms with Gasteiger partial charge in [-0.3, -0.25) is 4.90 Å². The van der Waals surface area contributed by atoms with E-state index in [2.05, 4.69) is 12.1 Å². The molecule has 66 valence electrons. The van der Waals surface area contributed by atoms with E-state index in [-0.39, 0.29) is 5.92 Å². The van der Waals surface area contributed by atoms with Crippen LogP contribution in [0.25, 0.3) is 0 Å². The molecule has 12 heavy (non-hydrogen) atoms. The summed E-state index contributed by atoms with van der Waals surface area (Å²) in [6.45, 7) is 6.18. The van der Waals surface area contributed by atoms with Crippen LogP contribution in [-0.4, -0.2) is 24.0 Å². The molecule has 0 saturated heterocycles. The van der Waals surface area contributed by atoms with Crippen LogP contribution >= 0.6 is 0 Å². The standard InChI is InChI=1S/C9H15N3/c1-8(5-10)6-12(4)9(2,3)7-11/h8H,6H2,1-4H3. The fraction of sp³-hybridized carbons (Fsp3) is 0.778. The summed E-state index contributed by atoms with van der Waals surface area (Å²) < 4.78 is 0. The van der Waals surface area contributed by atoms with Gasteiger partial charge in [0.25, 0.3) is 0 Å². The number of rotatable bonds is 3. The Labute approximate surface area is 74.2 Å². The molecule has 0 aliphatic carbocycles. The summed E-state index contributed by atoms with van der Waals surface area (Å²) in [5, 5.41) is 17.3. The molecular weight excluding hydrogens is 150 g/mol. The maximum absolute atomic E-state index is 8.78. The smallest absolute Gasteiger partial charge is 0.103 e. The van der Waals surface area contributed by atoms with Gasteiger partial charge in [0.2, 0.25) is 0 Å². The summed E-state index contributed by atoms with van der Waals surface area (Å²) in [5.41, 5.74) is -0.481. The average Bonchev–Trinajstić information content (AvgIpc) is 2.04. The molecule has 1 unspecified atom stereocenters. The summed E-state index contributed by atoms with van der Waals surface area (Å²) >= 11 is 0. The van der Waals surface area contributed by atoms with E-state index in [0.29, 0.717) is 6.54 Å². The third-order valence-electron chi connectivity index (χ3n) is 2.00. The Hall–Kier alpha value is -1.06. The van der Waals surface area contributed by atoms with E-state index >= 15 is 0 Å². The first-order valence-electron chi connectivity index (χ1n) is 3.96. The van der Waals surface area contributed by atoms with E-state index in [9.17, 15) is 0 Å². The van der Waals surface area contributed by atoms with Gasteiger partial charge in [-0.05, 0) is 27.8 Å². The van der Waals surface area contributed by atoms with Crippen molar-refractivity contribution in [3.63, 3.8) is 0 Å². The van der Waals surface area contributed by atoms with Crippen molar-refractivity contribution in [2.45, 2.75) is 26.3 Å². The molecule has 0 amide bonds. The van der Waals surface area contributed by atoms with Gasteiger partial charge < -0.3 is 0 Å². The van der Waals surface area contributed by atoms with Crippen LogP contribution in [0.1, 0.15) is 20.8 Å². The van der Waals surface area contributed by atoms with Gasteiger partial charge in [0.05, 0.1) is 18.1 Å². The van der Waals surface area contributed by atoms with Gasteiger partial charge in [-0.1, -0.05) is 0 Å². The van der Waals surface area contributed by atoms with Crippen molar-refractivity contribution in [3.8, 4) is 12.1 Å². The first-order valence-corrected chi connectivity index (χ1v) is 3.96. The Morgan fingerprint density at radius 3 is 2.25 bits per heavy atom. The molecule has 0 radical (unpaired) electrons. The Kier molecular flexibility index (Phi) is 3.73. The monoisotopic (exact) mass is 165 g/mol. The van der Waals surface area contributed by atoms with E-state index in [1.54, 1.807) is 0 Å². The third-order valence-corrected chi connectivity index (χ3v) is 2.00. The van der Waals surface area contributed by atoms with Crippen LogP contribution in [0.3, 0.4) is 0 Å². The van der Waals surface area contributed by atoms with Crippen molar-refractivity contribution in [1.29, 1.82) is 10.5 Å². The molecule has 0 bridgehead atoms. The minimum Gasteiger partial charge on any atom is -0.288 e. The van der Waals surface area contributed by atoms with Crippen molar-refractivity contribution in [2.24, 2.45) is 5.92 Å². The van der Waals surface area contributed by atoms with Crippen LogP contribution in [0, 0.1) is 28.6 Å². The fourth-order valence-electron chi connectivity index (χ4n) is 0.765. The molecule has 1 atom stereocenters. The molecule has 0 rings (SSSR count). The zero-order chi connectivity index (χ0) is 9.78. The highest BCUT2D eigenvalue weighted by Crippen LogP contribution is 2.12. The molecule has 0 saturated carbocycles. The molecule has 0 fully saturated rings. The van der Waals surface area contributed by atoms with E-state index in [0.717, 1.165) is 0 Å². The first-order chi connectivity index (χ1) is 5.44. The molecule has 0 aromatic heterocycles. The summed E-state index contributed by atoms with van der Waals surface area (Å²) in [7, 11) is 1.86. The topological polar surface area (TPSA) is 50.8 Å². The normalized spacial score (nSPS) is 13.6. The van der Waals surface area contributed by atoms with Gasteiger partial charge in [-0.2, -0.15) is 10.5 Å². The quantitative estimate of drug-likeness (QED) is 0.634. The largest absolute Gasteiger partial charge is 0.288 e. The number of nitriles is 2. The van der Waals surface area contributed by atoms with Gasteiger partial charge in [-0.15, -0.1) is 0 Å². The molecule has 0 aromatic rings. The maximum Gasteiger partial charge on any atom is 0.103 e. The second-order valence-electron chi connectivity index (χ2n) is 3.58. The van der Waals surface area contributed by atoms with Crippen molar-refractivity contribution >= 4 is 0 Å². The Bertz CT molecular complexity index is 219. The highest BCUT2D eigenvalue weighted by atomic mass is 15.2. The van der Waals surface area contributed by atoms with Gasteiger partial charge in [-0.25, -0.2) is 0 Å². The highest BCUT2D eigenvalue weighted by Gasteiger charge is 2.23. The van der Waals surface area contributed by atoms with E-state index < -0.39 is 5.54 Å². The second kappa shape index (κ2) is 4.09. The van der Waals surface area contributed by atoms with E-state index in [4.69, 9.17) is 10.5 Å². The zero-order valence-electron chi connectivity index (χ0n) is 8.13. The van der Waals surface area contributed by atoms with Crippen LogP contribution in [0.5, 0.6) is 0 Å². The SMILES string of the molecule is CC(C#N)CN(C)C(C)(C)C#N. The number of hydrogen-bond acceptors (Lipinski definition) is 3. The van der Waals surface area contributed by atoms with Crippen molar-refractivity contribution in [3.05, 3.63) is 0 Å². The van der Waals surface area contributed by atoms with Gasteiger partial charge in [0.15, 0.2) is 0 Å². The average molecular weight is 165 g/mol. The van der Waals surface area contributed by atoms with Crippen LogP contribution in [0.15, 0.2) is 0 Å². The van der Waals surface area contributed by atoms with Crippen LogP contribution < -0.4 is 0 Å².